The molecule has 0 saturated heterocycles. The number of halogens is 2. The lowest BCUT2D eigenvalue weighted by atomic mass is 10.1. The Morgan fingerprint density at radius 2 is 1.95 bits per heavy atom. The molecule has 1 atom stereocenters. The number of carboxylic acid groups (broad SMARTS) is 1. The average molecular weight is 303 g/mol. The summed E-state index contributed by atoms with van der Waals surface area (Å²) in [5.41, 5.74) is 0. The molecule has 0 spiro atoms. The van der Waals surface area contributed by atoms with E-state index in [-0.39, 0.29) is 11.7 Å². The van der Waals surface area contributed by atoms with Crippen LogP contribution in [0.4, 0.5) is 8.78 Å². The third-order valence-corrected chi connectivity index (χ3v) is 3.50. The Morgan fingerprint density at radius 1 is 1.30 bits per heavy atom. The second-order valence-electron chi connectivity index (χ2n) is 4.49. The summed E-state index contributed by atoms with van der Waals surface area (Å²) in [7, 11) is 0. The Labute approximate surface area is 119 Å². The minimum Gasteiger partial charge on any atom is -0.480 e. The van der Waals surface area contributed by atoms with Gasteiger partial charge < -0.3 is 10.4 Å². The van der Waals surface area contributed by atoms with Gasteiger partial charge in [-0.3, -0.25) is 4.79 Å². The number of hydrogen-bond donors (Lipinski definition) is 2. The molecule has 0 unspecified atom stereocenters. The maximum absolute atomic E-state index is 13.0. The standard InChI is InChI=1S/C13H15F2NO3S/c1-7(2)12(13(18)19)16-11(17)6-20-8-3-4-9(14)10(15)5-8/h3-5,7,12H,6H2,1-2H3,(H,16,17)(H,18,19)/t12-/m0/s1. The highest BCUT2D eigenvalue weighted by Crippen LogP contribution is 2.20. The minimum atomic E-state index is -1.11. The summed E-state index contributed by atoms with van der Waals surface area (Å²) in [6.45, 7) is 3.36. The predicted octanol–water partition coefficient (Wildman–Crippen LogP) is 2.28. The third-order valence-electron chi connectivity index (χ3n) is 2.51. The Kier molecular flexibility index (Phi) is 5.94. The van der Waals surface area contributed by atoms with Gasteiger partial charge >= 0.3 is 5.97 Å². The first-order valence-corrected chi connectivity index (χ1v) is 6.90. The molecule has 0 aliphatic carbocycles. The van der Waals surface area contributed by atoms with E-state index in [0.29, 0.717) is 4.90 Å². The normalized spacial score (nSPS) is 12.2. The third kappa shape index (κ3) is 4.80. The summed E-state index contributed by atoms with van der Waals surface area (Å²) in [5.74, 6) is -3.83. The lowest BCUT2D eigenvalue weighted by Crippen LogP contribution is -2.45. The van der Waals surface area contributed by atoms with Crippen molar-refractivity contribution in [1.29, 1.82) is 0 Å². The number of benzene rings is 1. The zero-order valence-corrected chi connectivity index (χ0v) is 11.8. The van der Waals surface area contributed by atoms with Gasteiger partial charge in [0.05, 0.1) is 5.75 Å². The van der Waals surface area contributed by atoms with Crippen molar-refractivity contribution in [2.24, 2.45) is 5.92 Å². The van der Waals surface area contributed by atoms with E-state index in [1.807, 2.05) is 0 Å². The monoisotopic (exact) mass is 303 g/mol. The molecule has 1 amide bonds. The van der Waals surface area contributed by atoms with E-state index in [4.69, 9.17) is 5.11 Å². The van der Waals surface area contributed by atoms with Gasteiger partial charge in [0, 0.05) is 4.90 Å². The van der Waals surface area contributed by atoms with Gasteiger partial charge in [-0.1, -0.05) is 13.8 Å². The molecular weight excluding hydrogens is 288 g/mol. The van der Waals surface area contributed by atoms with Gasteiger partial charge in [0.25, 0.3) is 0 Å². The first-order valence-electron chi connectivity index (χ1n) is 5.91. The van der Waals surface area contributed by atoms with Crippen LogP contribution >= 0.6 is 11.8 Å². The van der Waals surface area contributed by atoms with Gasteiger partial charge in [0.1, 0.15) is 6.04 Å². The maximum Gasteiger partial charge on any atom is 0.326 e. The first kappa shape index (κ1) is 16.4. The quantitative estimate of drug-likeness (QED) is 0.791. The number of carboxylic acids is 1. The topological polar surface area (TPSA) is 66.4 Å². The van der Waals surface area contributed by atoms with Crippen LogP contribution < -0.4 is 5.32 Å². The van der Waals surface area contributed by atoms with Gasteiger partial charge in [0.15, 0.2) is 11.6 Å². The molecule has 0 radical (unpaired) electrons. The molecule has 0 bridgehead atoms. The Hall–Kier alpha value is -1.63. The molecule has 1 aromatic carbocycles. The number of aliphatic carboxylic acids is 1. The number of hydrogen-bond acceptors (Lipinski definition) is 3. The van der Waals surface area contributed by atoms with Crippen LogP contribution in [0.3, 0.4) is 0 Å². The molecule has 0 heterocycles. The van der Waals surface area contributed by atoms with Crippen LogP contribution in [0.5, 0.6) is 0 Å². The SMILES string of the molecule is CC(C)[C@H](NC(=O)CSc1ccc(F)c(F)c1)C(=O)O. The molecule has 0 aliphatic rings. The van der Waals surface area contributed by atoms with E-state index < -0.39 is 29.6 Å². The van der Waals surface area contributed by atoms with E-state index in [9.17, 15) is 18.4 Å². The van der Waals surface area contributed by atoms with Crippen LogP contribution in [0.1, 0.15) is 13.8 Å². The summed E-state index contributed by atoms with van der Waals surface area (Å²) in [4.78, 5) is 22.9. The van der Waals surface area contributed by atoms with Crippen LogP contribution in [0, 0.1) is 17.6 Å². The largest absolute Gasteiger partial charge is 0.480 e. The van der Waals surface area contributed by atoms with E-state index in [2.05, 4.69) is 5.32 Å². The van der Waals surface area contributed by atoms with Crippen molar-refractivity contribution in [2.45, 2.75) is 24.8 Å². The lowest BCUT2D eigenvalue weighted by Gasteiger charge is -2.17. The van der Waals surface area contributed by atoms with Crippen LogP contribution in [0.2, 0.25) is 0 Å². The van der Waals surface area contributed by atoms with E-state index >= 15 is 0 Å². The fourth-order valence-electron chi connectivity index (χ4n) is 1.44. The molecule has 1 aromatic rings. The van der Waals surface area contributed by atoms with Crippen molar-refractivity contribution in [2.75, 3.05) is 5.75 Å². The van der Waals surface area contributed by atoms with Gasteiger partial charge in [-0.05, 0) is 24.1 Å². The van der Waals surface area contributed by atoms with Crippen LogP contribution in [0.25, 0.3) is 0 Å². The van der Waals surface area contributed by atoms with Gasteiger partial charge in [0.2, 0.25) is 5.91 Å². The fraction of sp³-hybridized carbons (Fsp3) is 0.385. The molecule has 7 heteroatoms. The van der Waals surface area contributed by atoms with Gasteiger partial charge in [-0.25, -0.2) is 13.6 Å². The number of nitrogens with one attached hydrogen (secondary N) is 1. The number of carbonyl (C=O) groups excluding carboxylic acids is 1. The Morgan fingerprint density at radius 3 is 2.45 bits per heavy atom. The average Bonchev–Trinajstić information content (AvgIpc) is 2.36. The van der Waals surface area contributed by atoms with Crippen molar-refractivity contribution < 1.29 is 23.5 Å². The van der Waals surface area contributed by atoms with E-state index in [1.165, 1.54) is 6.07 Å². The second kappa shape index (κ2) is 7.23. The zero-order chi connectivity index (χ0) is 15.3. The first-order chi connectivity index (χ1) is 9.31. The predicted molar refractivity (Wildman–Crippen MR) is 71.5 cm³/mol. The van der Waals surface area contributed by atoms with Crippen molar-refractivity contribution in [3.8, 4) is 0 Å². The van der Waals surface area contributed by atoms with Crippen molar-refractivity contribution in [3.63, 3.8) is 0 Å². The van der Waals surface area contributed by atoms with Crippen LogP contribution in [-0.2, 0) is 9.59 Å². The summed E-state index contributed by atoms with van der Waals surface area (Å²) < 4.78 is 25.7. The maximum atomic E-state index is 13.0. The second-order valence-corrected chi connectivity index (χ2v) is 5.54. The van der Waals surface area contributed by atoms with E-state index in [1.54, 1.807) is 13.8 Å². The smallest absolute Gasteiger partial charge is 0.326 e. The molecule has 2 N–H and O–H groups in total. The molecule has 110 valence electrons. The molecular formula is C13H15F2NO3S. The molecule has 0 aliphatic heterocycles. The summed E-state index contributed by atoms with van der Waals surface area (Å²) in [6, 6.07) is 2.36. The van der Waals surface area contributed by atoms with Gasteiger partial charge in [-0.15, -0.1) is 11.8 Å². The van der Waals surface area contributed by atoms with Crippen molar-refractivity contribution in [1.82, 2.24) is 5.32 Å². The Balaban J connectivity index is 2.54. The summed E-state index contributed by atoms with van der Waals surface area (Å²) in [6.07, 6.45) is 0. The van der Waals surface area contributed by atoms with Crippen molar-refractivity contribution >= 4 is 23.6 Å². The zero-order valence-electron chi connectivity index (χ0n) is 11.0. The molecule has 20 heavy (non-hydrogen) atoms. The molecule has 0 aromatic heterocycles. The van der Waals surface area contributed by atoms with Gasteiger partial charge in [-0.2, -0.15) is 0 Å². The Bertz CT molecular complexity index is 508. The highest BCUT2D eigenvalue weighted by Gasteiger charge is 2.23. The minimum absolute atomic E-state index is 0.0679. The fourth-order valence-corrected chi connectivity index (χ4v) is 2.18. The molecule has 4 nitrogen and oxygen atoms in total. The molecule has 1 rings (SSSR count). The molecule has 0 saturated carbocycles. The number of amides is 1. The number of thioether (sulfide) groups is 1. The lowest BCUT2D eigenvalue weighted by molar-refractivity contribution is -0.142. The number of rotatable bonds is 6. The number of carbonyl (C=O) groups is 2. The van der Waals surface area contributed by atoms with E-state index in [0.717, 1.165) is 23.9 Å². The van der Waals surface area contributed by atoms with Crippen molar-refractivity contribution in [3.05, 3.63) is 29.8 Å². The summed E-state index contributed by atoms with van der Waals surface area (Å²) in [5, 5.41) is 11.3. The van der Waals surface area contributed by atoms with Crippen LogP contribution in [0.15, 0.2) is 23.1 Å². The highest BCUT2D eigenvalue weighted by molar-refractivity contribution is 8.00. The summed E-state index contributed by atoms with van der Waals surface area (Å²) >= 11 is 1.01. The molecule has 0 fully saturated rings. The highest BCUT2D eigenvalue weighted by atomic mass is 32.2. The van der Waals surface area contributed by atoms with Crippen LogP contribution in [-0.4, -0.2) is 28.8 Å².